The van der Waals surface area contributed by atoms with Gasteiger partial charge in [0.15, 0.2) is 12.0 Å². The zero-order chi connectivity index (χ0) is 32.5. The number of benzene rings is 1. The lowest BCUT2D eigenvalue weighted by Crippen LogP contribution is -2.67. The molecule has 4 nitrogen and oxygen atoms in total. The van der Waals surface area contributed by atoms with Crippen LogP contribution >= 0.6 is 0 Å². The monoisotopic (exact) mass is 642 g/mol. The van der Waals surface area contributed by atoms with Crippen LogP contribution in [-0.4, -0.2) is 65.8 Å². The predicted octanol–water partition coefficient (Wildman–Crippen LogP) is 8.88. The van der Waals surface area contributed by atoms with Gasteiger partial charge in [0.25, 0.3) is 0 Å². The number of unbranched alkanes of at least 4 members (excludes halogenated alkanes) is 5. The highest BCUT2D eigenvalue weighted by molar-refractivity contribution is 5.55. The number of nitrogens with zero attached hydrogens (tertiary/aromatic N) is 2. The normalized spacial score (nSPS) is 14.2. The quantitative estimate of drug-likeness (QED) is 0.120. The third kappa shape index (κ3) is 9.11. The molecule has 0 saturated heterocycles. The zero-order valence-electron chi connectivity index (χ0n) is 22.9. The van der Waals surface area contributed by atoms with Crippen LogP contribution in [0.4, 0.5) is 52.7 Å². The molecule has 0 spiro atoms. The molecular formula is C27H30F12N2O2. The molecule has 1 heterocycles. The van der Waals surface area contributed by atoms with Gasteiger partial charge < -0.3 is 9.47 Å². The lowest BCUT2D eigenvalue weighted by molar-refractivity contribution is -0.424. The van der Waals surface area contributed by atoms with Crippen molar-refractivity contribution in [2.75, 3.05) is 19.8 Å². The number of halogens is 12. The van der Waals surface area contributed by atoms with E-state index in [9.17, 15) is 52.7 Å². The minimum atomic E-state index is -7.55. The summed E-state index contributed by atoms with van der Waals surface area (Å²) in [5.74, 6) is -28.0. The van der Waals surface area contributed by atoms with Gasteiger partial charge in [0.1, 0.15) is 19.0 Å². The Hall–Kier alpha value is -2.78. The van der Waals surface area contributed by atoms with Crippen LogP contribution in [0.25, 0.3) is 11.4 Å². The molecular weight excluding hydrogens is 612 g/mol. The second-order valence-corrected chi connectivity index (χ2v) is 9.81. The molecule has 1 aromatic heterocycles. The largest absolute Gasteiger partial charge is 0.490 e. The van der Waals surface area contributed by atoms with E-state index in [2.05, 4.69) is 21.6 Å². The second kappa shape index (κ2) is 14.8. The number of rotatable bonds is 18. The third-order valence-corrected chi connectivity index (χ3v) is 6.25. The molecule has 1 aromatic carbocycles. The second-order valence-electron chi connectivity index (χ2n) is 9.81. The van der Waals surface area contributed by atoms with E-state index in [-0.39, 0.29) is 5.75 Å². The summed E-state index contributed by atoms with van der Waals surface area (Å²) >= 11 is 0. The summed E-state index contributed by atoms with van der Waals surface area (Å²) in [4.78, 5) is 8.61. The molecule has 0 aliphatic carbocycles. The predicted molar refractivity (Wildman–Crippen MR) is 132 cm³/mol. The Kier molecular flexibility index (Phi) is 12.5. The van der Waals surface area contributed by atoms with Crippen molar-refractivity contribution in [3.8, 4) is 17.1 Å². The summed E-state index contributed by atoms with van der Waals surface area (Å²) in [6, 6.07) is 5.82. The van der Waals surface area contributed by atoms with E-state index in [1.807, 2.05) is 0 Å². The summed E-state index contributed by atoms with van der Waals surface area (Å²) in [6.07, 6.45) is 1.58. The van der Waals surface area contributed by atoms with Crippen LogP contribution in [0.3, 0.4) is 0 Å². The topological polar surface area (TPSA) is 44.2 Å². The van der Waals surface area contributed by atoms with Crippen molar-refractivity contribution in [3.63, 3.8) is 0 Å². The SMILES string of the molecule is CCCCCCCCc1cnc(-c2ccc(OC[C@@H](F)COCC(F)(F)C(F)(F)C(F)(F)C(F)(F)C(F)(F)F)cc2)nc1. The Balaban J connectivity index is 1.83. The highest BCUT2D eigenvalue weighted by atomic mass is 19.4. The van der Waals surface area contributed by atoms with Crippen molar-refractivity contribution >= 4 is 0 Å². The standard InChI is InChI=1S/C27H30F12N2O2/c1-2-3-4-5-6-7-8-18-13-40-22(41-14-18)19-9-11-21(12-10-19)43-16-20(28)15-42-17-23(29,30)24(31,32)25(33,34)26(35,36)27(37,38)39/h9-14,20H,2-8,15-17H2,1H3/t20-/m0/s1. The molecule has 0 N–H and O–H groups in total. The fraction of sp³-hybridized carbons (Fsp3) is 0.630. The maximum absolute atomic E-state index is 14.0. The minimum Gasteiger partial charge on any atom is -0.490 e. The first-order chi connectivity index (χ1) is 19.9. The molecule has 2 aromatic rings. The third-order valence-electron chi connectivity index (χ3n) is 6.25. The van der Waals surface area contributed by atoms with Gasteiger partial charge in [-0.3, -0.25) is 0 Å². The van der Waals surface area contributed by atoms with Gasteiger partial charge >= 0.3 is 29.9 Å². The van der Waals surface area contributed by atoms with Crippen LogP contribution in [0.15, 0.2) is 36.7 Å². The molecule has 0 fully saturated rings. The van der Waals surface area contributed by atoms with Gasteiger partial charge in [0, 0.05) is 18.0 Å². The molecule has 0 amide bonds. The van der Waals surface area contributed by atoms with E-state index in [1.54, 1.807) is 12.4 Å². The number of alkyl halides is 12. The van der Waals surface area contributed by atoms with Gasteiger partial charge in [0.2, 0.25) is 0 Å². The minimum absolute atomic E-state index is 0.0666. The highest BCUT2D eigenvalue weighted by Gasteiger charge is 2.87. The summed E-state index contributed by atoms with van der Waals surface area (Å²) in [6.45, 7) is -2.98. The van der Waals surface area contributed by atoms with Crippen molar-refractivity contribution in [2.24, 2.45) is 0 Å². The van der Waals surface area contributed by atoms with Crippen molar-refractivity contribution in [1.82, 2.24) is 9.97 Å². The molecule has 0 unspecified atom stereocenters. The fourth-order valence-corrected chi connectivity index (χ4v) is 3.69. The van der Waals surface area contributed by atoms with Gasteiger partial charge in [-0.1, -0.05) is 39.0 Å². The molecule has 0 radical (unpaired) electrons. The Bertz CT molecular complexity index is 1110. The van der Waals surface area contributed by atoms with Crippen LogP contribution in [0.1, 0.15) is 51.0 Å². The lowest BCUT2D eigenvalue weighted by atomic mass is 9.98. The Morgan fingerprint density at radius 2 is 1.26 bits per heavy atom. The Morgan fingerprint density at radius 1 is 0.698 bits per heavy atom. The van der Waals surface area contributed by atoms with Gasteiger partial charge in [-0.25, -0.2) is 14.4 Å². The molecule has 0 aliphatic rings. The molecule has 1 atom stereocenters. The van der Waals surface area contributed by atoms with Gasteiger partial charge in [-0.15, -0.1) is 0 Å². The van der Waals surface area contributed by atoms with Crippen LogP contribution in [0.2, 0.25) is 0 Å². The number of aromatic nitrogens is 2. The molecule has 0 saturated carbocycles. The first-order valence-corrected chi connectivity index (χ1v) is 13.2. The molecule has 244 valence electrons. The molecule has 0 bridgehead atoms. The highest BCUT2D eigenvalue weighted by Crippen LogP contribution is 2.57. The Labute approximate surface area is 239 Å². The lowest BCUT2D eigenvalue weighted by Gasteiger charge is -2.37. The van der Waals surface area contributed by atoms with Gasteiger partial charge in [-0.05, 0) is 42.7 Å². The van der Waals surface area contributed by atoms with E-state index in [4.69, 9.17) is 4.74 Å². The maximum Gasteiger partial charge on any atom is 0.460 e. The van der Waals surface area contributed by atoms with E-state index >= 15 is 0 Å². The van der Waals surface area contributed by atoms with Crippen LogP contribution < -0.4 is 4.74 Å². The van der Waals surface area contributed by atoms with E-state index in [1.165, 1.54) is 49.9 Å². The first-order valence-electron chi connectivity index (χ1n) is 13.2. The average molecular weight is 643 g/mol. The summed E-state index contributed by atoms with van der Waals surface area (Å²) in [7, 11) is 0. The van der Waals surface area contributed by atoms with Crippen LogP contribution in [-0.2, 0) is 11.2 Å². The van der Waals surface area contributed by atoms with E-state index in [0.717, 1.165) is 24.8 Å². The zero-order valence-corrected chi connectivity index (χ0v) is 22.9. The van der Waals surface area contributed by atoms with Crippen molar-refractivity contribution in [1.29, 1.82) is 0 Å². The summed E-state index contributed by atoms with van der Waals surface area (Å²) in [5.41, 5.74) is 1.56. The fourth-order valence-electron chi connectivity index (χ4n) is 3.69. The summed E-state index contributed by atoms with van der Waals surface area (Å²) in [5, 5.41) is 0. The average Bonchev–Trinajstić information content (AvgIpc) is 2.93. The number of hydrogen-bond donors (Lipinski definition) is 0. The van der Waals surface area contributed by atoms with Crippen molar-refractivity contribution in [3.05, 3.63) is 42.2 Å². The van der Waals surface area contributed by atoms with Crippen LogP contribution in [0, 0.1) is 0 Å². The number of hydrogen-bond acceptors (Lipinski definition) is 4. The number of aryl methyl sites for hydroxylation is 1. The van der Waals surface area contributed by atoms with Gasteiger partial charge in [-0.2, -0.15) is 48.3 Å². The van der Waals surface area contributed by atoms with E-state index in [0.29, 0.717) is 11.4 Å². The Morgan fingerprint density at radius 3 is 1.81 bits per heavy atom. The molecule has 43 heavy (non-hydrogen) atoms. The van der Waals surface area contributed by atoms with Gasteiger partial charge in [0.05, 0.1) is 6.61 Å². The summed E-state index contributed by atoms with van der Waals surface area (Å²) < 4.78 is 166. The first kappa shape index (κ1) is 36.4. The maximum atomic E-state index is 14.0. The smallest absolute Gasteiger partial charge is 0.460 e. The molecule has 2 rings (SSSR count). The number of ether oxygens (including phenoxy) is 2. The van der Waals surface area contributed by atoms with Crippen molar-refractivity contribution < 1.29 is 62.2 Å². The van der Waals surface area contributed by atoms with Crippen molar-refractivity contribution in [2.45, 2.75) is 87.9 Å². The molecule has 16 heteroatoms. The molecule has 0 aliphatic heterocycles. The van der Waals surface area contributed by atoms with Crippen LogP contribution in [0.5, 0.6) is 5.75 Å². The van der Waals surface area contributed by atoms with E-state index < -0.39 is 55.9 Å².